The number of nitro groups is 1. The second-order valence-corrected chi connectivity index (χ2v) is 5.04. The van der Waals surface area contributed by atoms with Crippen LogP contribution in [-0.4, -0.2) is 33.6 Å². The summed E-state index contributed by atoms with van der Waals surface area (Å²) in [6, 6.07) is 6.52. The van der Waals surface area contributed by atoms with Gasteiger partial charge in [-0.25, -0.2) is 0 Å². The van der Waals surface area contributed by atoms with Gasteiger partial charge in [-0.1, -0.05) is 19.1 Å². The first-order valence-corrected chi connectivity index (χ1v) is 6.00. The number of non-ortho nitro benzene ring substituents is 1. The minimum atomic E-state index is -0.739. The molecule has 1 N–H and O–H groups in total. The van der Waals surface area contributed by atoms with E-state index in [0.717, 1.165) is 12.1 Å². The van der Waals surface area contributed by atoms with Crippen molar-refractivity contribution in [3.05, 3.63) is 39.9 Å². The number of rotatable bonds is 6. The predicted octanol–water partition coefficient (Wildman–Crippen LogP) is 2.19. The molecule has 0 amide bonds. The lowest BCUT2D eigenvalue weighted by atomic mass is 10.1. The Hall–Kier alpha value is -1.46. The summed E-state index contributed by atoms with van der Waals surface area (Å²) >= 11 is 0. The lowest BCUT2D eigenvalue weighted by Gasteiger charge is -2.27. The Morgan fingerprint density at radius 2 is 1.89 bits per heavy atom. The maximum absolute atomic E-state index is 10.5. The monoisotopic (exact) mass is 252 g/mol. The third kappa shape index (κ3) is 4.81. The highest BCUT2D eigenvalue weighted by molar-refractivity contribution is 5.32. The predicted molar refractivity (Wildman–Crippen MR) is 70.3 cm³/mol. The fraction of sp³-hybridized carbons (Fsp3) is 0.538. The molecule has 1 aromatic carbocycles. The van der Waals surface area contributed by atoms with Crippen LogP contribution in [0.1, 0.15) is 26.3 Å². The SMILES string of the molecule is CCN(Cc1ccc([N+](=O)[O-])cc1)CC(C)(C)O. The minimum absolute atomic E-state index is 0.101. The molecule has 0 saturated heterocycles. The van der Waals surface area contributed by atoms with Crippen LogP contribution in [0, 0.1) is 10.1 Å². The molecule has 0 atom stereocenters. The van der Waals surface area contributed by atoms with Crippen molar-refractivity contribution in [2.75, 3.05) is 13.1 Å². The molecule has 1 aromatic rings. The Morgan fingerprint density at radius 3 is 2.28 bits per heavy atom. The first kappa shape index (κ1) is 14.6. The summed E-state index contributed by atoms with van der Waals surface area (Å²) < 4.78 is 0. The Morgan fingerprint density at radius 1 is 1.33 bits per heavy atom. The van der Waals surface area contributed by atoms with Crippen LogP contribution in [0.4, 0.5) is 5.69 Å². The van der Waals surface area contributed by atoms with Crippen LogP contribution in [0.3, 0.4) is 0 Å². The van der Waals surface area contributed by atoms with Gasteiger partial charge in [0.05, 0.1) is 10.5 Å². The molecule has 0 unspecified atom stereocenters. The summed E-state index contributed by atoms with van der Waals surface area (Å²) in [6.07, 6.45) is 0. The Balaban J connectivity index is 2.67. The van der Waals surface area contributed by atoms with Gasteiger partial charge in [0.2, 0.25) is 0 Å². The minimum Gasteiger partial charge on any atom is -0.389 e. The van der Waals surface area contributed by atoms with E-state index in [1.54, 1.807) is 26.0 Å². The van der Waals surface area contributed by atoms with Gasteiger partial charge in [-0.05, 0) is 26.0 Å². The van der Waals surface area contributed by atoms with Crippen LogP contribution in [0.15, 0.2) is 24.3 Å². The van der Waals surface area contributed by atoms with Crippen molar-refractivity contribution in [3.63, 3.8) is 0 Å². The van der Waals surface area contributed by atoms with Crippen LogP contribution in [-0.2, 0) is 6.54 Å². The van der Waals surface area contributed by atoms with Crippen molar-refractivity contribution >= 4 is 5.69 Å². The normalized spacial score (nSPS) is 11.8. The quantitative estimate of drug-likeness (QED) is 0.622. The third-order valence-electron chi connectivity index (χ3n) is 2.61. The molecule has 0 radical (unpaired) electrons. The average molecular weight is 252 g/mol. The molecule has 0 spiro atoms. The molecule has 0 aliphatic rings. The fourth-order valence-electron chi connectivity index (χ4n) is 1.81. The van der Waals surface area contributed by atoms with E-state index in [9.17, 15) is 15.2 Å². The third-order valence-corrected chi connectivity index (χ3v) is 2.61. The van der Waals surface area contributed by atoms with E-state index >= 15 is 0 Å². The zero-order valence-corrected chi connectivity index (χ0v) is 11.1. The van der Waals surface area contributed by atoms with Crippen LogP contribution in [0.2, 0.25) is 0 Å². The van der Waals surface area contributed by atoms with Crippen molar-refractivity contribution in [2.24, 2.45) is 0 Å². The zero-order chi connectivity index (χ0) is 13.8. The van der Waals surface area contributed by atoms with E-state index in [2.05, 4.69) is 4.90 Å². The lowest BCUT2D eigenvalue weighted by molar-refractivity contribution is -0.384. The number of benzene rings is 1. The summed E-state index contributed by atoms with van der Waals surface area (Å²) in [7, 11) is 0. The van der Waals surface area contributed by atoms with Crippen molar-refractivity contribution < 1.29 is 10.0 Å². The molecule has 0 bridgehead atoms. The zero-order valence-electron chi connectivity index (χ0n) is 11.1. The number of aliphatic hydroxyl groups is 1. The fourth-order valence-corrected chi connectivity index (χ4v) is 1.81. The Labute approximate surface area is 107 Å². The van der Waals surface area contributed by atoms with E-state index < -0.39 is 10.5 Å². The highest BCUT2D eigenvalue weighted by Gasteiger charge is 2.17. The second kappa shape index (κ2) is 5.93. The van der Waals surface area contributed by atoms with Crippen LogP contribution >= 0.6 is 0 Å². The van der Waals surface area contributed by atoms with Gasteiger partial charge < -0.3 is 5.11 Å². The number of nitrogens with zero attached hydrogens (tertiary/aromatic N) is 2. The lowest BCUT2D eigenvalue weighted by Crippen LogP contribution is -2.38. The standard InChI is InChI=1S/C13H20N2O3/c1-4-14(10-13(2,3)16)9-11-5-7-12(8-6-11)15(17)18/h5-8,16H,4,9-10H2,1-3H3. The van der Waals surface area contributed by atoms with Gasteiger partial charge in [-0.2, -0.15) is 0 Å². The maximum Gasteiger partial charge on any atom is 0.269 e. The molecule has 5 heteroatoms. The average Bonchev–Trinajstić information content (AvgIpc) is 2.27. The van der Waals surface area contributed by atoms with E-state index in [0.29, 0.717) is 13.1 Å². The summed E-state index contributed by atoms with van der Waals surface area (Å²) in [6.45, 7) is 7.63. The Bertz CT molecular complexity index is 396. The number of hydrogen-bond donors (Lipinski definition) is 1. The van der Waals surface area contributed by atoms with Gasteiger partial charge in [0, 0.05) is 25.2 Å². The first-order chi connectivity index (χ1) is 8.31. The molecule has 0 fully saturated rings. The largest absolute Gasteiger partial charge is 0.389 e. The molecule has 0 heterocycles. The summed E-state index contributed by atoms with van der Waals surface area (Å²) in [5.74, 6) is 0. The molecule has 5 nitrogen and oxygen atoms in total. The highest BCUT2D eigenvalue weighted by atomic mass is 16.6. The van der Waals surface area contributed by atoms with Crippen LogP contribution in [0.5, 0.6) is 0 Å². The van der Waals surface area contributed by atoms with E-state index in [-0.39, 0.29) is 5.69 Å². The molecule has 100 valence electrons. The molecule has 0 aliphatic carbocycles. The van der Waals surface area contributed by atoms with Crippen LogP contribution in [0.25, 0.3) is 0 Å². The summed E-state index contributed by atoms with van der Waals surface area (Å²) in [4.78, 5) is 12.2. The number of nitro benzene ring substituents is 1. The summed E-state index contributed by atoms with van der Waals surface area (Å²) in [5, 5.41) is 20.3. The van der Waals surface area contributed by atoms with Gasteiger partial charge in [0.25, 0.3) is 5.69 Å². The van der Waals surface area contributed by atoms with E-state index in [1.807, 2.05) is 6.92 Å². The van der Waals surface area contributed by atoms with E-state index in [4.69, 9.17) is 0 Å². The molecule has 0 aliphatic heterocycles. The second-order valence-electron chi connectivity index (χ2n) is 5.04. The smallest absolute Gasteiger partial charge is 0.269 e. The van der Waals surface area contributed by atoms with Gasteiger partial charge >= 0.3 is 0 Å². The molecular weight excluding hydrogens is 232 g/mol. The van der Waals surface area contributed by atoms with Gasteiger partial charge in [-0.3, -0.25) is 15.0 Å². The molecule has 0 saturated carbocycles. The highest BCUT2D eigenvalue weighted by Crippen LogP contribution is 2.14. The summed E-state index contributed by atoms with van der Waals surface area (Å²) in [5.41, 5.74) is 0.368. The van der Waals surface area contributed by atoms with Crippen molar-refractivity contribution in [3.8, 4) is 0 Å². The van der Waals surface area contributed by atoms with Gasteiger partial charge in [0.15, 0.2) is 0 Å². The van der Waals surface area contributed by atoms with Crippen molar-refractivity contribution in [2.45, 2.75) is 32.9 Å². The van der Waals surface area contributed by atoms with E-state index in [1.165, 1.54) is 12.1 Å². The molecule has 18 heavy (non-hydrogen) atoms. The van der Waals surface area contributed by atoms with Crippen molar-refractivity contribution in [1.82, 2.24) is 4.90 Å². The molecule has 0 aromatic heterocycles. The van der Waals surface area contributed by atoms with Crippen LogP contribution < -0.4 is 0 Å². The molecular formula is C13H20N2O3. The topological polar surface area (TPSA) is 66.6 Å². The van der Waals surface area contributed by atoms with Gasteiger partial charge in [-0.15, -0.1) is 0 Å². The maximum atomic E-state index is 10.5. The number of hydrogen-bond acceptors (Lipinski definition) is 4. The molecule has 1 rings (SSSR count). The van der Waals surface area contributed by atoms with Gasteiger partial charge in [0.1, 0.15) is 0 Å². The Kier molecular flexibility index (Phi) is 4.81. The first-order valence-electron chi connectivity index (χ1n) is 6.00. The number of likely N-dealkylation sites (N-methyl/N-ethyl adjacent to an activating group) is 1. The van der Waals surface area contributed by atoms with Crippen molar-refractivity contribution in [1.29, 1.82) is 0 Å².